The lowest BCUT2D eigenvalue weighted by Crippen LogP contribution is -2.25. The van der Waals surface area contributed by atoms with E-state index in [-0.39, 0.29) is 11.8 Å². The molecule has 0 aromatic carbocycles. The number of nitrogen functional groups attached to an aromatic ring is 1. The van der Waals surface area contributed by atoms with Gasteiger partial charge in [-0.15, -0.1) is 0 Å². The van der Waals surface area contributed by atoms with E-state index < -0.39 is 0 Å². The molecule has 102 valence electrons. The minimum absolute atomic E-state index is 0.188. The molecule has 1 rings (SSSR count). The van der Waals surface area contributed by atoms with Crippen molar-refractivity contribution in [1.29, 1.82) is 0 Å². The second-order valence-electron chi connectivity index (χ2n) is 4.87. The highest BCUT2D eigenvalue weighted by Gasteiger charge is 2.18. The van der Waals surface area contributed by atoms with Crippen molar-refractivity contribution >= 4 is 11.6 Å². The molecule has 0 radical (unpaired) electrons. The molecule has 1 heterocycles. The summed E-state index contributed by atoms with van der Waals surface area (Å²) in [4.78, 5) is 11.9. The van der Waals surface area contributed by atoms with Crippen molar-refractivity contribution in [2.75, 3.05) is 12.3 Å². The van der Waals surface area contributed by atoms with Gasteiger partial charge in [-0.05, 0) is 12.3 Å². The first kappa shape index (κ1) is 14.5. The molecule has 0 aliphatic carbocycles. The molecule has 0 saturated carbocycles. The summed E-state index contributed by atoms with van der Waals surface area (Å²) in [6, 6.07) is 0. The van der Waals surface area contributed by atoms with Crippen LogP contribution in [-0.2, 0) is 0 Å². The van der Waals surface area contributed by atoms with Gasteiger partial charge in [-0.1, -0.05) is 40.0 Å². The van der Waals surface area contributed by atoms with E-state index in [0.717, 1.165) is 18.5 Å². The fourth-order valence-electron chi connectivity index (χ4n) is 1.81. The van der Waals surface area contributed by atoms with E-state index in [9.17, 15) is 4.79 Å². The van der Waals surface area contributed by atoms with E-state index in [1.807, 2.05) is 13.8 Å². The molecular weight excluding hydrogens is 228 g/mol. The first-order valence-electron chi connectivity index (χ1n) is 6.69. The Hall–Kier alpha value is -1.52. The smallest absolute Gasteiger partial charge is 0.273 e. The Morgan fingerprint density at radius 3 is 2.67 bits per heavy atom. The van der Waals surface area contributed by atoms with Gasteiger partial charge in [0.25, 0.3) is 5.91 Å². The number of aromatic nitrogens is 2. The normalized spacial score (nSPS) is 10.9. The number of nitrogens with two attached hydrogens (primary N) is 1. The lowest BCUT2D eigenvalue weighted by molar-refractivity contribution is 0.0949. The number of hydrogen-bond acceptors (Lipinski definition) is 3. The highest BCUT2D eigenvalue weighted by atomic mass is 16.1. The van der Waals surface area contributed by atoms with Crippen LogP contribution in [0.5, 0.6) is 0 Å². The topological polar surface area (TPSA) is 83.8 Å². The number of hydrogen-bond donors (Lipinski definition) is 3. The van der Waals surface area contributed by atoms with Crippen LogP contribution >= 0.6 is 0 Å². The summed E-state index contributed by atoms with van der Waals surface area (Å²) in [5, 5.41) is 9.67. The molecule has 1 amide bonds. The van der Waals surface area contributed by atoms with Crippen molar-refractivity contribution in [2.45, 2.75) is 52.4 Å². The number of carbonyl (C=O) groups excluding carboxylic acids is 1. The molecule has 1 aromatic rings. The zero-order valence-electron chi connectivity index (χ0n) is 11.5. The molecule has 0 fully saturated rings. The SMILES string of the molecule is CCCCCCNC(=O)c1n[nH]c(C(C)C)c1N. The van der Waals surface area contributed by atoms with Crippen LogP contribution in [0.2, 0.25) is 0 Å². The van der Waals surface area contributed by atoms with Crippen LogP contribution in [0.3, 0.4) is 0 Å². The summed E-state index contributed by atoms with van der Waals surface area (Å²) in [6.07, 6.45) is 4.54. The third-order valence-corrected chi connectivity index (χ3v) is 2.94. The van der Waals surface area contributed by atoms with Crippen LogP contribution in [0.4, 0.5) is 5.69 Å². The van der Waals surface area contributed by atoms with E-state index in [1.54, 1.807) is 0 Å². The lowest BCUT2D eigenvalue weighted by atomic mass is 10.1. The van der Waals surface area contributed by atoms with Crippen LogP contribution < -0.4 is 11.1 Å². The number of nitrogens with zero attached hydrogens (tertiary/aromatic N) is 1. The molecule has 5 nitrogen and oxygen atoms in total. The van der Waals surface area contributed by atoms with Crippen LogP contribution in [0, 0.1) is 0 Å². The second kappa shape index (κ2) is 7.03. The Labute approximate surface area is 109 Å². The highest BCUT2D eigenvalue weighted by Crippen LogP contribution is 2.21. The van der Waals surface area contributed by atoms with Crippen LogP contribution in [-0.4, -0.2) is 22.6 Å². The number of nitrogens with one attached hydrogen (secondary N) is 2. The molecular formula is C13H24N4O. The van der Waals surface area contributed by atoms with Crippen LogP contribution in [0.15, 0.2) is 0 Å². The second-order valence-corrected chi connectivity index (χ2v) is 4.87. The summed E-state index contributed by atoms with van der Waals surface area (Å²) in [5.41, 5.74) is 7.51. The van der Waals surface area contributed by atoms with E-state index in [2.05, 4.69) is 22.4 Å². The maximum Gasteiger partial charge on any atom is 0.273 e. The van der Waals surface area contributed by atoms with E-state index in [0.29, 0.717) is 17.9 Å². The molecule has 1 aromatic heterocycles. The number of unbranched alkanes of at least 4 members (excludes halogenated alkanes) is 3. The molecule has 0 aliphatic rings. The van der Waals surface area contributed by atoms with E-state index >= 15 is 0 Å². The van der Waals surface area contributed by atoms with Gasteiger partial charge in [-0.25, -0.2) is 0 Å². The van der Waals surface area contributed by atoms with Crippen LogP contribution in [0.1, 0.15) is 68.6 Å². The molecule has 0 unspecified atom stereocenters. The Morgan fingerprint density at radius 1 is 1.39 bits per heavy atom. The van der Waals surface area contributed by atoms with Crippen molar-refractivity contribution in [3.63, 3.8) is 0 Å². The molecule has 0 spiro atoms. The molecule has 0 bridgehead atoms. The summed E-state index contributed by atoms with van der Waals surface area (Å²) in [7, 11) is 0. The summed E-state index contributed by atoms with van der Waals surface area (Å²) in [5.74, 6) is 0.0516. The number of carbonyl (C=O) groups is 1. The Bertz CT molecular complexity index is 384. The van der Waals surface area contributed by atoms with Gasteiger partial charge >= 0.3 is 0 Å². The zero-order valence-corrected chi connectivity index (χ0v) is 11.5. The van der Waals surface area contributed by atoms with Gasteiger partial charge in [-0.2, -0.15) is 5.10 Å². The average Bonchev–Trinajstić information content (AvgIpc) is 2.70. The molecule has 18 heavy (non-hydrogen) atoms. The average molecular weight is 252 g/mol. The Kier molecular flexibility index (Phi) is 5.68. The van der Waals surface area contributed by atoms with Gasteiger partial charge < -0.3 is 11.1 Å². The fraction of sp³-hybridized carbons (Fsp3) is 0.692. The largest absolute Gasteiger partial charge is 0.395 e. The third kappa shape index (κ3) is 3.75. The number of rotatable bonds is 7. The summed E-state index contributed by atoms with van der Waals surface area (Å²) < 4.78 is 0. The van der Waals surface area contributed by atoms with Gasteiger partial charge in [0.2, 0.25) is 0 Å². The fourth-order valence-corrected chi connectivity index (χ4v) is 1.81. The summed E-state index contributed by atoms with van der Waals surface area (Å²) in [6.45, 7) is 6.87. The minimum Gasteiger partial charge on any atom is -0.395 e. The van der Waals surface area contributed by atoms with Gasteiger partial charge in [-0.3, -0.25) is 9.89 Å². The number of aromatic amines is 1. The summed E-state index contributed by atoms with van der Waals surface area (Å²) >= 11 is 0. The monoisotopic (exact) mass is 252 g/mol. The Balaban J connectivity index is 2.47. The molecule has 0 aliphatic heterocycles. The van der Waals surface area contributed by atoms with Crippen molar-refractivity contribution in [1.82, 2.24) is 15.5 Å². The van der Waals surface area contributed by atoms with Crippen molar-refractivity contribution in [3.05, 3.63) is 11.4 Å². The molecule has 4 N–H and O–H groups in total. The zero-order chi connectivity index (χ0) is 13.5. The Morgan fingerprint density at radius 2 is 2.11 bits per heavy atom. The molecule has 0 atom stereocenters. The van der Waals surface area contributed by atoms with E-state index in [4.69, 9.17) is 5.73 Å². The number of H-pyrrole nitrogens is 1. The van der Waals surface area contributed by atoms with Gasteiger partial charge in [0.15, 0.2) is 5.69 Å². The number of amides is 1. The quantitative estimate of drug-likeness (QED) is 0.652. The lowest BCUT2D eigenvalue weighted by Gasteiger charge is -2.04. The maximum absolute atomic E-state index is 11.9. The van der Waals surface area contributed by atoms with Crippen LogP contribution in [0.25, 0.3) is 0 Å². The predicted octanol–water partition coefficient (Wildman–Crippen LogP) is 2.43. The van der Waals surface area contributed by atoms with Gasteiger partial charge in [0, 0.05) is 6.54 Å². The first-order valence-corrected chi connectivity index (χ1v) is 6.69. The molecule has 0 saturated heterocycles. The van der Waals surface area contributed by atoms with Gasteiger partial charge in [0.05, 0.1) is 11.4 Å². The molecule has 5 heteroatoms. The standard InChI is InChI=1S/C13H24N4O/c1-4-5-6-7-8-15-13(18)12-10(14)11(9(2)3)16-17-12/h9H,4-8,14H2,1-3H3,(H,15,18)(H,16,17). The minimum atomic E-state index is -0.188. The van der Waals surface area contributed by atoms with Crippen molar-refractivity contribution in [2.24, 2.45) is 0 Å². The van der Waals surface area contributed by atoms with E-state index in [1.165, 1.54) is 12.8 Å². The highest BCUT2D eigenvalue weighted by molar-refractivity contribution is 5.97. The third-order valence-electron chi connectivity index (χ3n) is 2.94. The predicted molar refractivity (Wildman–Crippen MR) is 73.6 cm³/mol. The van der Waals surface area contributed by atoms with Crippen molar-refractivity contribution in [3.8, 4) is 0 Å². The van der Waals surface area contributed by atoms with Gasteiger partial charge in [0.1, 0.15) is 0 Å². The number of anilines is 1. The van der Waals surface area contributed by atoms with Crippen molar-refractivity contribution < 1.29 is 4.79 Å². The maximum atomic E-state index is 11.9. The first-order chi connectivity index (χ1) is 8.57.